The molecule has 1 heterocycles. The van der Waals surface area contributed by atoms with Gasteiger partial charge in [0.25, 0.3) is 0 Å². The van der Waals surface area contributed by atoms with Crippen LogP contribution in [0, 0.1) is 5.92 Å². The van der Waals surface area contributed by atoms with Gasteiger partial charge in [-0.2, -0.15) is 0 Å². The van der Waals surface area contributed by atoms with E-state index in [1.165, 1.54) is 14.2 Å². The van der Waals surface area contributed by atoms with Gasteiger partial charge in [0.1, 0.15) is 11.7 Å². The highest BCUT2D eigenvalue weighted by molar-refractivity contribution is 6.30. The number of halogens is 2. The van der Waals surface area contributed by atoms with Gasteiger partial charge in [0, 0.05) is 16.6 Å². The van der Waals surface area contributed by atoms with Crippen LogP contribution in [0.25, 0.3) is 0 Å². The molecule has 1 aliphatic rings. The van der Waals surface area contributed by atoms with E-state index in [1.807, 2.05) is 0 Å². The highest BCUT2D eigenvalue weighted by Crippen LogP contribution is 2.48. The normalized spacial score (nSPS) is 21.3. The van der Waals surface area contributed by atoms with Crippen molar-refractivity contribution in [3.63, 3.8) is 0 Å². The van der Waals surface area contributed by atoms with Crippen molar-refractivity contribution in [1.29, 1.82) is 0 Å². The van der Waals surface area contributed by atoms with E-state index < -0.39 is 35.7 Å². The van der Waals surface area contributed by atoms with E-state index in [4.69, 9.17) is 32.7 Å². The number of aliphatic hydroxyl groups is 2. The van der Waals surface area contributed by atoms with Crippen molar-refractivity contribution >= 4 is 35.1 Å². The molecule has 170 valence electrons. The maximum atomic E-state index is 12.8. The summed E-state index contributed by atoms with van der Waals surface area (Å²) in [5.41, 5.74) is 1.16. The van der Waals surface area contributed by atoms with Crippen LogP contribution in [0.4, 0.5) is 0 Å². The zero-order chi connectivity index (χ0) is 23.4. The number of carbonyl (C=O) groups is 2. The zero-order valence-corrected chi connectivity index (χ0v) is 19.0. The standard InChI is InChI=1S/C23H23Cl2NO6/c1-31-22(29)17-19(13-3-7-15(24)8-4-13)26(11-12-27)20(14-5-9-16(25)10-6-14)18(21(17)28)23(30)32-2/h3-10,17,19-20,27-28H,11-12H2,1-2H3. The summed E-state index contributed by atoms with van der Waals surface area (Å²) < 4.78 is 9.90. The van der Waals surface area contributed by atoms with Crippen LogP contribution in [-0.4, -0.2) is 54.4 Å². The molecule has 9 heteroatoms. The Morgan fingerprint density at radius 3 is 1.94 bits per heavy atom. The van der Waals surface area contributed by atoms with Gasteiger partial charge in [-0.25, -0.2) is 4.79 Å². The lowest BCUT2D eigenvalue weighted by molar-refractivity contribution is -0.150. The molecule has 3 rings (SSSR count). The molecule has 2 aromatic carbocycles. The molecule has 0 saturated carbocycles. The Morgan fingerprint density at radius 2 is 1.47 bits per heavy atom. The van der Waals surface area contributed by atoms with Crippen LogP contribution in [0.3, 0.4) is 0 Å². The Balaban J connectivity index is 2.32. The fourth-order valence-electron chi connectivity index (χ4n) is 4.10. The van der Waals surface area contributed by atoms with Crippen LogP contribution < -0.4 is 0 Å². The third-order valence-electron chi connectivity index (χ3n) is 5.46. The summed E-state index contributed by atoms with van der Waals surface area (Å²) in [6.07, 6.45) is 0. The highest BCUT2D eigenvalue weighted by atomic mass is 35.5. The van der Waals surface area contributed by atoms with Gasteiger partial charge in [0.2, 0.25) is 0 Å². The molecular formula is C23H23Cl2NO6. The third kappa shape index (κ3) is 4.61. The van der Waals surface area contributed by atoms with E-state index in [2.05, 4.69) is 0 Å². The lowest BCUT2D eigenvalue weighted by atomic mass is 9.79. The number of esters is 2. The second-order valence-electron chi connectivity index (χ2n) is 7.20. The summed E-state index contributed by atoms with van der Waals surface area (Å²) in [5, 5.41) is 22.1. The number of benzene rings is 2. The number of rotatable bonds is 6. The van der Waals surface area contributed by atoms with E-state index in [-0.39, 0.29) is 18.7 Å². The topological polar surface area (TPSA) is 96.3 Å². The van der Waals surface area contributed by atoms with E-state index in [0.29, 0.717) is 21.2 Å². The molecule has 32 heavy (non-hydrogen) atoms. The van der Waals surface area contributed by atoms with Crippen molar-refractivity contribution in [1.82, 2.24) is 4.90 Å². The fraction of sp³-hybridized carbons (Fsp3) is 0.304. The smallest absolute Gasteiger partial charge is 0.339 e. The largest absolute Gasteiger partial charge is 0.511 e. The number of hydrogen-bond donors (Lipinski definition) is 2. The molecule has 0 bridgehead atoms. The third-order valence-corrected chi connectivity index (χ3v) is 5.97. The number of aliphatic hydroxyl groups excluding tert-OH is 2. The number of hydrogen-bond acceptors (Lipinski definition) is 7. The zero-order valence-electron chi connectivity index (χ0n) is 17.5. The number of nitrogens with zero attached hydrogens (tertiary/aromatic N) is 1. The summed E-state index contributed by atoms with van der Waals surface area (Å²) >= 11 is 12.1. The molecule has 0 aliphatic carbocycles. The van der Waals surface area contributed by atoms with Gasteiger partial charge in [-0.05, 0) is 35.4 Å². The minimum Gasteiger partial charge on any atom is -0.511 e. The summed E-state index contributed by atoms with van der Waals surface area (Å²) in [5.74, 6) is -3.21. The molecule has 1 aliphatic heterocycles. The maximum Gasteiger partial charge on any atom is 0.339 e. The van der Waals surface area contributed by atoms with Crippen LogP contribution in [0.2, 0.25) is 10.0 Å². The summed E-state index contributed by atoms with van der Waals surface area (Å²) in [6, 6.07) is 11.9. The van der Waals surface area contributed by atoms with Crippen LogP contribution in [0.5, 0.6) is 0 Å². The first-order chi connectivity index (χ1) is 15.3. The Labute approximate surface area is 195 Å². The minimum absolute atomic E-state index is 0.0852. The summed E-state index contributed by atoms with van der Waals surface area (Å²) in [7, 11) is 2.39. The van der Waals surface area contributed by atoms with Crippen molar-refractivity contribution in [3.05, 3.63) is 81.0 Å². The molecule has 7 nitrogen and oxygen atoms in total. The van der Waals surface area contributed by atoms with Crippen LogP contribution in [0.15, 0.2) is 59.9 Å². The Morgan fingerprint density at radius 1 is 0.938 bits per heavy atom. The average molecular weight is 480 g/mol. The highest BCUT2D eigenvalue weighted by Gasteiger charge is 2.49. The minimum atomic E-state index is -1.23. The molecular weight excluding hydrogens is 457 g/mol. The summed E-state index contributed by atoms with van der Waals surface area (Å²) in [4.78, 5) is 27.4. The van der Waals surface area contributed by atoms with Gasteiger partial charge in [0.05, 0.1) is 38.5 Å². The van der Waals surface area contributed by atoms with E-state index in [9.17, 15) is 19.8 Å². The first-order valence-electron chi connectivity index (χ1n) is 9.80. The second-order valence-corrected chi connectivity index (χ2v) is 8.08. The SMILES string of the molecule is COC(=O)C1=C(O)C(C(=O)OC)C(c2ccc(Cl)cc2)N(CCO)C1c1ccc(Cl)cc1. The van der Waals surface area contributed by atoms with Gasteiger partial charge in [-0.15, -0.1) is 0 Å². The van der Waals surface area contributed by atoms with Gasteiger partial charge < -0.3 is 19.7 Å². The van der Waals surface area contributed by atoms with Gasteiger partial charge in [-0.3, -0.25) is 9.69 Å². The lowest BCUT2D eigenvalue weighted by Gasteiger charge is -2.45. The molecule has 0 amide bonds. The van der Waals surface area contributed by atoms with Crippen molar-refractivity contribution in [3.8, 4) is 0 Å². The van der Waals surface area contributed by atoms with Crippen molar-refractivity contribution in [2.24, 2.45) is 5.92 Å². The molecule has 0 radical (unpaired) electrons. The Hall–Kier alpha value is -2.58. The van der Waals surface area contributed by atoms with Gasteiger partial charge in [0.15, 0.2) is 0 Å². The number of ether oxygens (including phenoxy) is 2. The van der Waals surface area contributed by atoms with Crippen LogP contribution in [-0.2, 0) is 19.1 Å². The fourth-order valence-corrected chi connectivity index (χ4v) is 4.35. The van der Waals surface area contributed by atoms with Gasteiger partial charge >= 0.3 is 11.9 Å². The lowest BCUT2D eigenvalue weighted by Crippen LogP contribution is -2.48. The van der Waals surface area contributed by atoms with E-state index >= 15 is 0 Å². The predicted octanol–water partition coefficient (Wildman–Crippen LogP) is 3.86. The molecule has 3 atom stereocenters. The number of carbonyl (C=O) groups excluding carboxylic acids is 2. The van der Waals surface area contributed by atoms with E-state index in [0.717, 1.165) is 0 Å². The first-order valence-corrected chi connectivity index (χ1v) is 10.6. The quantitative estimate of drug-likeness (QED) is 0.607. The molecule has 0 aromatic heterocycles. The summed E-state index contributed by atoms with van der Waals surface area (Å²) in [6.45, 7) is -0.181. The van der Waals surface area contributed by atoms with Crippen molar-refractivity contribution < 1.29 is 29.3 Å². The van der Waals surface area contributed by atoms with Crippen LogP contribution >= 0.6 is 23.2 Å². The number of methoxy groups -OCH3 is 2. The second kappa shape index (κ2) is 10.4. The van der Waals surface area contributed by atoms with Crippen molar-refractivity contribution in [2.75, 3.05) is 27.4 Å². The molecule has 2 aromatic rings. The monoisotopic (exact) mass is 479 g/mol. The average Bonchev–Trinajstić information content (AvgIpc) is 2.80. The predicted molar refractivity (Wildman–Crippen MR) is 119 cm³/mol. The Bertz CT molecular complexity index is 1010. The molecule has 2 N–H and O–H groups in total. The maximum absolute atomic E-state index is 12.8. The number of β-amino-alcohol motifs (C(OH)–C–C–N with tert-alkyl or cyclic N) is 1. The van der Waals surface area contributed by atoms with E-state index in [1.54, 1.807) is 53.4 Å². The Kier molecular flexibility index (Phi) is 7.79. The van der Waals surface area contributed by atoms with Crippen molar-refractivity contribution in [2.45, 2.75) is 12.1 Å². The molecule has 0 spiro atoms. The van der Waals surface area contributed by atoms with Crippen LogP contribution in [0.1, 0.15) is 23.2 Å². The molecule has 0 saturated heterocycles. The van der Waals surface area contributed by atoms with Gasteiger partial charge in [-0.1, -0.05) is 47.5 Å². The first kappa shape index (κ1) is 24.1. The molecule has 0 fully saturated rings. The molecule has 3 unspecified atom stereocenters.